The van der Waals surface area contributed by atoms with Crippen molar-refractivity contribution in [1.29, 1.82) is 0 Å². The molecular weight excluding hydrogens is 99.1 g/mol. The van der Waals surface area contributed by atoms with E-state index >= 15 is 0 Å². The quantitative estimate of drug-likeness (QED) is 0.231. The van der Waals surface area contributed by atoms with Crippen LogP contribution in [0.1, 0.15) is 6.92 Å². The molecule has 0 unspecified atom stereocenters. The first-order chi connectivity index (χ1) is 2.91. The zero-order valence-electron chi connectivity index (χ0n) is 4.99. The summed E-state index contributed by atoms with van der Waals surface area (Å²) in [5.74, 6) is 0. The van der Waals surface area contributed by atoms with E-state index in [1.807, 2.05) is 19.3 Å². The number of rotatable bonds is 1. The summed E-state index contributed by atoms with van der Waals surface area (Å²) in [5.41, 5.74) is 2.79. The molecule has 0 spiro atoms. The third kappa shape index (κ3) is 10.7. The van der Waals surface area contributed by atoms with Crippen molar-refractivity contribution in [2.75, 3.05) is 6.26 Å². The van der Waals surface area contributed by atoms with Gasteiger partial charge in [-0.2, -0.15) is 11.5 Å². The van der Waals surface area contributed by atoms with Crippen molar-refractivity contribution >= 4 is 11.8 Å². The third-order valence-electron chi connectivity index (χ3n) is 0.305. The number of thioether (sulfide) groups is 1. The molecule has 0 saturated heterocycles. The van der Waals surface area contributed by atoms with Crippen LogP contribution in [0.3, 0.4) is 0 Å². The SMILES string of the molecule is CC=C=[C-]SC.[Li+]. The van der Waals surface area contributed by atoms with Crippen LogP contribution in [0.2, 0.25) is 0 Å². The van der Waals surface area contributed by atoms with E-state index in [0.29, 0.717) is 0 Å². The van der Waals surface area contributed by atoms with Crippen LogP contribution >= 0.6 is 11.8 Å². The van der Waals surface area contributed by atoms with E-state index in [0.717, 1.165) is 0 Å². The van der Waals surface area contributed by atoms with Crippen LogP contribution in [0.4, 0.5) is 0 Å². The fourth-order valence-electron chi connectivity index (χ4n) is 0.118. The Kier molecular flexibility index (Phi) is 14.5. The van der Waals surface area contributed by atoms with Gasteiger partial charge < -0.3 is 5.73 Å². The molecule has 0 aliphatic carbocycles. The van der Waals surface area contributed by atoms with E-state index in [9.17, 15) is 0 Å². The molecule has 0 heterocycles. The van der Waals surface area contributed by atoms with Gasteiger partial charge in [0.05, 0.1) is 0 Å². The molecule has 0 N–H and O–H groups in total. The number of hydrogen-bond donors (Lipinski definition) is 0. The van der Waals surface area contributed by atoms with Gasteiger partial charge in [0, 0.05) is 0 Å². The van der Waals surface area contributed by atoms with Crippen LogP contribution in [0.25, 0.3) is 0 Å². The summed E-state index contributed by atoms with van der Waals surface area (Å²) < 4.78 is 0. The summed E-state index contributed by atoms with van der Waals surface area (Å²) >= 11 is 1.53. The van der Waals surface area contributed by atoms with Gasteiger partial charge in [-0.15, -0.1) is 6.92 Å². The molecule has 0 fully saturated rings. The molecular formula is C5H7LiS. The molecule has 0 radical (unpaired) electrons. The second-order valence-electron chi connectivity index (χ2n) is 0.739. The van der Waals surface area contributed by atoms with Gasteiger partial charge >= 0.3 is 18.9 Å². The van der Waals surface area contributed by atoms with Crippen molar-refractivity contribution in [2.24, 2.45) is 0 Å². The maximum Gasteiger partial charge on any atom is 1.00 e. The molecule has 0 aliphatic heterocycles. The molecule has 34 valence electrons. The summed E-state index contributed by atoms with van der Waals surface area (Å²) in [6.45, 7) is 1.92. The van der Waals surface area contributed by atoms with Gasteiger partial charge in [0.15, 0.2) is 0 Å². The molecule has 0 amide bonds. The smallest absolute Gasteiger partial charge is 0.324 e. The third-order valence-corrected chi connectivity index (χ3v) is 0.627. The van der Waals surface area contributed by atoms with Crippen LogP contribution in [0.15, 0.2) is 11.8 Å². The number of hydrogen-bond acceptors (Lipinski definition) is 1. The molecule has 0 aromatic carbocycles. The van der Waals surface area contributed by atoms with E-state index in [2.05, 4.69) is 11.1 Å². The molecule has 0 bridgehead atoms. The summed E-state index contributed by atoms with van der Waals surface area (Å²) in [5, 5.41) is 2.81. The number of allylic oxidation sites excluding steroid dienone is 1. The molecule has 0 saturated carbocycles. The Morgan fingerprint density at radius 3 is 2.43 bits per heavy atom. The average molecular weight is 106 g/mol. The molecule has 2 heteroatoms. The van der Waals surface area contributed by atoms with Crippen LogP contribution < -0.4 is 18.9 Å². The normalized spacial score (nSPS) is 5.43. The maximum absolute atomic E-state index is 2.81. The minimum absolute atomic E-state index is 0. The first kappa shape index (κ1) is 10.4. The predicted octanol–water partition coefficient (Wildman–Crippen LogP) is -1.15. The Morgan fingerprint density at radius 1 is 1.71 bits per heavy atom. The van der Waals surface area contributed by atoms with Gasteiger partial charge in [0.25, 0.3) is 0 Å². The fourth-order valence-corrected chi connectivity index (χ4v) is 0.354. The zero-order chi connectivity index (χ0) is 4.83. The van der Waals surface area contributed by atoms with Crippen molar-refractivity contribution in [3.8, 4) is 0 Å². The minimum atomic E-state index is 0. The van der Waals surface area contributed by atoms with Crippen LogP contribution in [0, 0.1) is 5.41 Å². The van der Waals surface area contributed by atoms with E-state index in [4.69, 9.17) is 0 Å². The van der Waals surface area contributed by atoms with Crippen molar-refractivity contribution in [3.05, 3.63) is 17.2 Å². The molecule has 0 aliphatic rings. The van der Waals surface area contributed by atoms with Gasteiger partial charge in [0.2, 0.25) is 0 Å². The van der Waals surface area contributed by atoms with E-state index < -0.39 is 0 Å². The van der Waals surface area contributed by atoms with Gasteiger partial charge in [0.1, 0.15) is 0 Å². The van der Waals surface area contributed by atoms with E-state index in [1.165, 1.54) is 11.8 Å². The van der Waals surface area contributed by atoms with Gasteiger partial charge in [-0.1, -0.05) is 0 Å². The van der Waals surface area contributed by atoms with Crippen molar-refractivity contribution in [3.63, 3.8) is 0 Å². The second kappa shape index (κ2) is 9.69. The largest absolute Gasteiger partial charge is 1.00 e. The summed E-state index contributed by atoms with van der Waals surface area (Å²) in [6.07, 6.45) is 3.78. The molecule has 0 aromatic rings. The molecule has 0 aromatic heterocycles. The topological polar surface area (TPSA) is 0 Å². The van der Waals surface area contributed by atoms with Crippen LogP contribution in [0.5, 0.6) is 0 Å². The maximum atomic E-state index is 2.81. The van der Waals surface area contributed by atoms with Gasteiger partial charge in [-0.25, -0.2) is 11.8 Å². The summed E-state index contributed by atoms with van der Waals surface area (Å²) in [4.78, 5) is 0. The standard InChI is InChI=1S/C5H7S.Li/c1-3-4-5-6-2;/h3H,1-2H3;/q-1;+1. The van der Waals surface area contributed by atoms with Crippen molar-refractivity contribution in [1.82, 2.24) is 0 Å². The summed E-state index contributed by atoms with van der Waals surface area (Å²) in [6, 6.07) is 0. The second-order valence-corrected chi connectivity index (χ2v) is 1.35. The first-order valence-electron chi connectivity index (χ1n) is 1.73. The monoisotopic (exact) mass is 106 g/mol. The molecule has 0 atom stereocenters. The Bertz CT molecular complexity index is 72.1. The van der Waals surface area contributed by atoms with Crippen LogP contribution in [-0.4, -0.2) is 6.26 Å². The predicted molar refractivity (Wildman–Crippen MR) is 30.5 cm³/mol. The Hall–Kier alpha value is 0.467. The Morgan fingerprint density at radius 2 is 2.29 bits per heavy atom. The van der Waals surface area contributed by atoms with Gasteiger partial charge in [-0.05, 0) is 6.26 Å². The van der Waals surface area contributed by atoms with E-state index in [-0.39, 0.29) is 18.9 Å². The van der Waals surface area contributed by atoms with Crippen LogP contribution in [-0.2, 0) is 0 Å². The Labute approximate surface area is 61.2 Å². The van der Waals surface area contributed by atoms with E-state index in [1.54, 1.807) is 0 Å². The van der Waals surface area contributed by atoms with Gasteiger partial charge in [-0.3, -0.25) is 0 Å². The zero-order valence-corrected chi connectivity index (χ0v) is 5.80. The van der Waals surface area contributed by atoms with Crippen molar-refractivity contribution < 1.29 is 18.9 Å². The minimum Gasteiger partial charge on any atom is -0.324 e. The molecule has 7 heavy (non-hydrogen) atoms. The Balaban J connectivity index is 0. The average Bonchev–Trinajstić information content (AvgIpc) is 1.61. The fraction of sp³-hybridized carbons (Fsp3) is 0.400. The first-order valence-corrected chi connectivity index (χ1v) is 2.95. The molecule has 0 rings (SSSR count). The summed E-state index contributed by atoms with van der Waals surface area (Å²) in [7, 11) is 0. The molecule has 0 nitrogen and oxygen atoms in total. The van der Waals surface area contributed by atoms with Crippen molar-refractivity contribution in [2.45, 2.75) is 6.92 Å².